The Hall–Kier alpha value is -3.47. The van der Waals surface area contributed by atoms with Crippen LogP contribution in [0, 0.1) is 0 Å². The Balaban J connectivity index is 1.42. The zero-order valence-corrected chi connectivity index (χ0v) is 18.0. The molecule has 162 valence electrons. The smallest absolute Gasteiger partial charge is 0.262 e. The fourth-order valence-electron chi connectivity index (χ4n) is 3.05. The molecule has 3 aromatic rings. The van der Waals surface area contributed by atoms with Crippen molar-refractivity contribution < 1.29 is 19.0 Å². The molecule has 0 aromatic heterocycles. The average Bonchev–Trinajstić information content (AvgIpc) is 2.82. The lowest BCUT2D eigenvalue weighted by Crippen LogP contribution is -2.20. The molecule has 0 heterocycles. The zero-order chi connectivity index (χ0) is 21.9. The van der Waals surface area contributed by atoms with Crippen molar-refractivity contribution in [1.29, 1.82) is 0 Å². The summed E-state index contributed by atoms with van der Waals surface area (Å²) < 4.78 is 17.0. The first-order chi connectivity index (χ1) is 15.2. The van der Waals surface area contributed by atoms with Gasteiger partial charge in [-0.2, -0.15) is 0 Å². The molecule has 5 nitrogen and oxygen atoms in total. The summed E-state index contributed by atoms with van der Waals surface area (Å²) in [4.78, 5) is 12.3. The largest absolute Gasteiger partial charge is 0.490 e. The summed E-state index contributed by atoms with van der Waals surface area (Å²) in [5.41, 5.74) is 1.81. The van der Waals surface area contributed by atoms with Gasteiger partial charge in [-0.1, -0.05) is 50.2 Å². The van der Waals surface area contributed by atoms with Gasteiger partial charge < -0.3 is 19.5 Å². The van der Waals surface area contributed by atoms with E-state index in [1.165, 1.54) is 0 Å². The van der Waals surface area contributed by atoms with E-state index < -0.39 is 0 Å². The molecule has 0 spiro atoms. The van der Waals surface area contributed by atoms with Crippen LogP contribution in [0.2, 0.25) is 0 Å². The SMILES string of the molecule is CC[C@H](C)c1ccccc1OCC(=O)Nc1ccc(OCCOc2ccccc2)cc1. The van der Waals surface area contributed by atoms with Crippen molar-refractivity contribution in [3.05, 3.63) is 84.4 Å². The molecule has 31 heavy (non-hydrogen) atoms. The van der Waals surface area contributed by atoms with Crippen molar-refractivity contribution in [3.8, 4) is 17.2 Å². The molecule has 0 saturated heterocycles. The number of carbonyl (C=O) groups is 1. The van der Waals surface area contributed by atoms with Gasteiger partial charge in [0, 0.05) is 5.69 Å². The molecule has 0 aliphatic rings. The lowest BCUT2D eigenvalue weighted by molar-refractivity contribution is -0.118. The number of nitrogens with one attached hydrogen (secondary N) is 1. The minimum atomic E-state index is -0.205. The number of carbonyl (C=O) groups excluding carboxylic acids is 1. The molecule has 0 radical (unpaired) electrons. The Morgan fingerprint density at radius 2 is 1.42 bits per heavy atom. The van der Waals surface area contributed by atoms with E-state index in [1.807, 2.05) is 66.7 Å². The van der Waals surface area contributed by atoms with Crippen LogP contribution in [0.5, 0.6) is 17.2 Å². The third-order valence-corrected chi connectivity index (χ3v) is 4.92. The molecule has 0 fully saturated rings. The Bertz CT molecular complexity index is 941. The van der Waals surface area contributed by atoms with Crippen LogP contribution in [0.1, 0.15) is 31.7 Å². The van der Waals surface area contributed by atoms with E-state index in [1.54, 1.807) is 12.1 Å². The van der Waals surface area contributed by atoms with E-state index in [2.05, 4.69) is 19.2 Å². The number of anilines is 1. The summed E-state index contributed by atoms with van der Waals surface area (Å²) in [6, 6.07) is 24.7. The predicted octanol–water partition coefficient (Wildman–Crippen LogP) is 5.68. The lowest BCUT2D eigenvalue weighted by Gasteiger charge is -2.15. The number of ether oxygens (including phenoxy) is 3. The van der Waals surface area contributed by atoms with Gasteiger partial charge in [-0.25, -0.2) is 0 Å². The first-order valence-electron chi connectivity index (χ1n) is 10.6. The van der Waals surface area contributed by atoms with Gasteiger partial charge in [0.15, 0.2) is 6.61 Å². The number of hydrogen-bond donors (Lipinski definition) is 1. The van der Waals surface area contributed by atoms with E-state index in [0.717, 1.165) is 23.5 Å². The lowest BCUT2D eigenvalue weighted by atomic mass is 9.98. The van der Waals surface area contributed by atoms with E-state index in [-0.39, 0.29) is 12.5 Å². The third-order valence-electron chi connectivity index (χ3n) is 4.92. The van der Waals surface area contributed by atoms with Crippen LogP contribution in [0.4, 0.5) is 5.69 Å². The van der Waals surface area contributed by atoms with Gasteiger partial charge >= 0.3 is 0 Å². The summed E-state index contributed by atoms with van der Waals surface area (Å²) in [5.74, 6) is 2.47. The average molecular weight is 420 g/mol. The number of rotatable bonds is 11. The topological polar surface area (TPSA) is 56.8 Å². The van der Waals surface area contributed by atoms with Gasteiger partial charge in [0.25, 0.3) is 5.91 Å². The molecule has 1 N–H and O–H groups in total. The van der Waals surface area contributed by atoms with Gasteiger partial charge in [0.1, 0.15) is 30.5 Å². The molecule has 3 rings (SSSR count). The molecule has 0 aliphatic carbocycles. The molecule has 1 amide bonds. The van der Waals surface area contributed by atoms with E-state index in [9.17, 15) is 4.79 Å². The summed E-state index contributed by atoms with van der Waals surface area (Å²) in [7, 11) is 0. The maximum Gasteiger partial charge on any atom is 0.262 e. The molecule has 0 bridgehead atoms. The summed E-state index contributed by atoms with van der Waals surface area (Å²) in [6.07, 6.45) is 1.01. The molecular weight excluding hydrogens is 390 g/mol. The van der Waals surface area contributed by atoms with Crippen LogP contribution in [-0.4, -0.2) is 25.7 Å². The van der Waals surface area contributed by atoms with Crippen molar-refractivity contribution in [2.75, 3.05) is 25.1 Å². The third kappa shape index (κ3) is 7.07. The molecule has 3 aromatic carbocycles. The van der Waals surface area contributed by atoms with Crippen LogP contribution in [0.15, 0.2) is 78.9 Å². The van der Waals surface area contributed by atoms with Crippen LogP contribution >= 0.6 is 0 Å². The molecule has 5 heteroatoms. The Morgan fingerprint density at radius 3 is 2.10 bits per heavy atom. The van der Waals surface area contributed by atoms with E-state index >= 15 is 0 Å². The van der Waals surface area contributed by atoms with E-state index in [0.29, 0.717) is 30.6 Å². The zero-order valence-electron chi connectivity index (χ0n) is 18.0. The normalized spacial score (nSPS) is 11.4. The van der Waals surface area contributed by atoms with Gasteiger partial charge in [0.2, 0.25) is 0 Å². The predicted molar refractivity (Wildman–Crippen MR) is 123 cm³/mol. The number of amides is 1. The fraction of sp³-hybridized carbons (Fsp3) is 0.269. The first-order valence-corrected chi connectivity index (χ1v) is 10.6. The van der Waals surface area contributed by atoms with Gasteiger partial charge in [-0.05, 0) is 60.4 Å². The minimum Gasteiger partial charge on any atom is -0.490 e. The fourth-order valence-corrected chi connectivity index (χ4v) is 3.05. The molecule has 0 aliphatic heterocycles. The quantitative estimate of drug-likeness (QED) is 0.407. The van der Waals surface area contributed by atoms with E-state index in [4.69, 9.17) is 14.2 Å². The highest BCUT2D eigenvalue weighted by molar-refractivity contribution is 5.91. The number of benzene rings is 3. The second kappa shape index (κ2) is 11.6. The van der Waals surface area contributed by atoms with Crippen LogP contribution < -0.4 is 19.5 Å². The minimum absolute atomic E-state index is 0.0392. The van der Waals surface area contributed by atoms with Crippen LogP contribution in [0.25, 0.3) is 0 Å². The highest BCUT2D eigenvalue weighted by atomic mass is 16.5. The second-order valence-electron chi connectivity index (χ2n) is 7.22. The van der Waals surface area contributed by atoms with Crippen LogP contribution in [0.3, 0.4) is 0 Å². The van der Waals surface area contributed by atoms with Crippen molar-refractivity contribution in [2.45, 2.75) is 26.2 Å². The van der Waals surface area contributed by atoms with Gasteiger partial charge in [-0.3, -0.25) is 4.79 Å². The second-order valence-corrected chi connectivity index (χ2v) is 7.22. The Labute approximate surface area is 184 Å². The van der Waals surface area contributed by atoms with Crippen molar-refractivity contribution in [2.24, 2.45) is 0 Å². The van der Waals surface area contributed by atoms with Crippen LogP contribution in [-0.2, 0) is 4.79 Å². The summed E-state index contributed by atoms with van der Waals surface area (Å²) in [6.45, 7) is 5.14. The Morgan fingerprint density at radius 1 is 0.806 bits per heavy atom. The summed E-state index contributed by atoms with van der Waals surface area (Å²) >= 11 is 0. The number of para-hydroxylation sites is 2. The van der Waals surface area contributed by atoms with Gasteiger partial charge in [-0.15, -0.1) is 0 Å². The molecule has 0 unspecified atom stereocenters. The first kappa shape index (κ1) is 22.2. The van der Waals surface area contributed by atoms with Crippen molar-refractivity contribution >= 4 is 11.6 Å². The number of hydrogen-bond acceptors (Lipinski definition) is 4. The van der Waals surface area contributed by atoms with Gasteiger partial charge in [0.05, 0.1) is 0 Å². The molecule has 1 atom stereocenters. The standard InChI is InChI=1S/C26H29NO4/c1-3-20(2)24-11-7-8-12-25(24)31-19-26(28)27-21-13-15-23(16-14-21)30-18-17-29-22-9-5-4-6-10-22/h4-16,20H,3,17-19H2,1-2H3,(H,27,28)/t20-/m0/s1. The maximum atomic E-state index is 12.3. The highest BCUT2D eigenvalue weighted by Crippen LogP contribution is 2.28. The highest BCUT2D eigenvalue weighted by Gasteiger charge is 2.11. The molecule has 0 saturated carbocycles. The maximum absolute atomic E-state index is 12.3. The molecular formula is C26H29NO4. The Kier molecular flexibility index (Phi) is 8.35. The van der Waals surface area contributed by atoms with Crippen molar-refractivity contribution in [1.82, 2.24) is 0 Å². The van der Waals surface area contributed by atoms with Crippen molar-refractivity contribution in [3.63, 3.8) is 0 Å². The summed E-state index contributed by atoms with van der Waals surface area (Å²) in [5, 5.41) is 2.85. The monoisotopic (exact) mass is 419 g/mol.